The molecule has 0 aliphatic heterocycles. The molecule has 2 aromatic rings. The maximum atomic E-state index is 12.1. The molecule has 0 saturated heterocycles. The Morgan fingerprint density at radius 3 is 2.33 bits per heavy atom. The van der Waals surface area contributed by atoms with Crippen LogP contribution in [0.4, 0.5) is 5.69 Å². The molecule has 0 aliphatic carbocycles. The summed E-state index contributed by atoms with van der Waals surface area (Å²) < 4.78 is 48.9. The Kier molecular flexibility index (Phi) is 4.19. The summed E-state index contributed by atoms with van der Waals surface area (Å²) >= 11 is 5.59. The maximum Gasteiger partial charge on any atom is 0.263 e. The van der Waals surface area contributed by atoms with E-state index in [1.165, 1.54) is 30.3 Å². The van der Waals surface area contributed by atoms with Crippen molar-refractivity contribution in [1.82, 2.24) is 4.98 Å². The third kappa shape index (κ3) is 3.91. The summed E-state index contributed by atoms with van der Waals surface area (Å²) in [5, 5.41) is 5.15. The molecule has 0 unspecified atom stereocenters. The van der Waals surface area contributed by atoms with Gasteiger partial charge in [0, 0.05) is 6.20 Å². The molecule has 1 aromatic heterocycles. The first-order chi connectivity index (χ1) is 9.68. The molecule has 0 amide bonds. The molecule has 1 heterocycles. The van der Waals surface area contributed by atoms with Crippen LogP contribution in [0, 0.1) is 0 Å². The number of rotatable bonds is 4. The summed E-state index contributed by atoms with van der Waals surface area (Å²) in [5.74, 6) is 0. The lowest BCUT2D eigenvalue weighted by atomic mass is 10.3. The second-order valence-corrected chi connectivity index (χ2v) is 7.63. The van der Waals surface area contributed by atoms with Crippen LogP contribution in [-0.2, 0) is 20.0 Å². The van der Waals surface area contributed by atoms with E-state index in [0.29, 0.717) is 0 Å². The van der Waals surface area contributed by atoms with Crippen LogP contribution in [0.3, 0.4) is 0 Å². The molecular weight excluding hydrogens is 338 g/mol. The van der Waals surface area contributed by atoms with E-state index < -0.39 is 20.0 Å². The van der Waals surface area contributed by atoms with Gasteiger partial charge >= 0.3 is 0 Å². The van der Waals surface area contributed by atoms with Gasteiger partial charge in [-0.3, -0.25) is 4.72 Å². The van der Waals surface area contributed by atoms with Crippen molar-refractivity contribution in [1.29, 1.82) is 0 Å². The Morgan fingerprint density at radius 2 is 1.76 bits per heavy atom. The van der Waals surface area contributed by atoms with Crippen LogP contribution in [0.2, 0.25) is 5.15 Å². The third-order valence-electron chi connectivity index (χ3n) is 2.43. The van der Waals surface area contributed by atoms with E-state index in [1.54, 1.807) is 0 Å². The quantitative estimate of drug-likeness (QED) is 0.805. The Balaban J connectivity index is 2.35. The largest absolute Gasteiger partial charge is 0.280 e. The number of sulfonamides is 2. The van der Waals surface area contributed by atoms with Crippen LogP contribution < -0.4 is 9.86 Å². The molecule has 21 heavy (non-hydrogen) atoms. The summed E-state index contributed by atoms with van der Waals surface area (Å²) in [6, 6.07) is 7.76. The van der Waals surface area contributed by atoms with Gasteiger partial charge < -0.3 is 0 Å². The second-order valence-electron chi connectivity index (χ2n) is 3.99. The number of nitrogens with zero attached hydrogens (tertiary/aromatic N) is 1. The maximum absolute atomic E-state index is 12.1. The van der Waals surface area contributed by atoms with Crippen molar-refractivity contribution in [3.8, 4) is 0 Å². The molecule has 2 rings (SSSR count). The highest BCUT2D eigenvalue weighted by atomic mass is 35.5. The van der Waals surface area contributed by atoms with E-state index in [-0.39, 0.29) is 20.6 Å². The summed E-state index contributed by atoms with van der Waals surface area (Å²) in [6.45, 7) is 0. The fourth-order valence-corrected chi connectivity index (χ4v) is 3.14. The fraction of sp³-hybridized carbons (Fsp3) is 0. The molecule has 112 valence electrons. The number of hydrogen-bond acceptors (Lipinski definition) is 5. The first kappa shape index (κ1) is 15.7. The first-order valence-electron chi connectivity index (χ1n) is 5.46. The van der Waals surface area contributed by atoms with E-state index in [9.17, 15) is 16.8 Å². The highest BCUT2D eigenvalue weighted by Crippen LogP contribution is 2.19. The van der Waals surface area contributed by atoms with E-state index >= 15 is 0 Å². The zero-order valence-electron chi connectivity index (χ0n) is 10.4. The van der Waals surface area contributed by atoms with Gasteiger partial charge in [-0.05, 0) is 30.3 Å². The standard InChI is InChI=1S/C11H10ClN3O4S2/c12-11-5-4-10(7-14-11)21(18,19)15-8-2-1-3-9(6-8)20(13,16)17/h1-7,15H,(H2,13,16,17). The van der Waals surface area contributed by atoms with Gasteiger partial charge in [0.05, 0.1) is 10.6 Å². The van der Waals surface area contributed by atoms with Crippen LogP contribution in [0.15, 0.2) is 52.4 Å². The molecule has 0 spiro atoms. The van der Waals surface area contributed by atoms with Crippen molar-refractivity contribution in [2.75, 3.05) is 4.72 Å². The summed E-state index contributed by atoms with van der Waals surface area (Å²) in [7, 11) is -7.81. The van der Waals surface area contributed by atoms with Crippen LogP contribution in [-0.4, -0.2) is 21.8 Å². The van der Waals surface area contributed by atoms with E-state index in [2.05, 4.69) is 9.71 Å². The Morgan fingerprint density at radius 1 is 1.05 bits per heavy atom. The zero-order chi connectivity index (χ0) is 15.7. The highest BCUT2D eigenvalue weighted by molar-refractivity contribution is 7.92. The average Bonchev–Trinajstić information content (AvgIpc) is 2.38. The van der Waals surface area contributed by atoms with Crippen molar-refractivity contribution < 1.29 is 16.8 Å². The van der Waals surface area contributed by atoms with Crippen molar-refractivity contribution in [3.63, 3.8) is 0 Å². The van der Waals surface area contributed by atoms with Gasteiger partial charge in [0.15, 0.2) is 0 Å². The van der Waals surface area contributed by atoms with Crippen LogP contribution in [0.5, 0.6) is 0 Å². The second kappa shape index (κ2) is 5.60. The van der Waals surface area contributed by atoms with Crippen LogP contribution in [0.1, 0.15) is 0 Å². The number of nitrogens with one attached hydrogen (secondary N) is 1. The van der Waals surface area contributed by atoms with Crippen molar-refractivity contribution >= 4 is 37.3 Å². The number of pyridine rings is 1. The molecule has 0 fully saturated rings. The molecule has 7 nitrogen and oxygen atoms in total. The predicted molar refractivity (Wildman–Crippen MR) is 77.9 cm³/mol. The molecule has 1 aromatic carbocycles. The lowest BCUT2D eigenvalue weighted by Crippen LogP contribution is -2.15. The molecule has 10 heteroatoms. The fourth-order valence-electron chi connectivity index (χ4n) is 1.47. The van der Waals surface area contributed by atoms with Gasteiger partial charge in [0.1, 0.15) is 10.0 Å². The van der Waals surface area contributed by atoms with Crippen molar-refractivity contribution in [2.24, 2.45) is 5.14 Å². The van der Waals surface area contributed by atoms with Crippen LogP contribution in [0.25, 0.3) is 0 Å². The minimum Gasteiger partial charge on any atom is -0.280 e. The number of primary sulfonamides is 1. The molecule has 0 atom stereocenters. The number of hydrogen-bond donors (Lipinski definition) is 2. The van der Waals surface area contributed by atoms with E-state index in [1.807, 2.05) is 0 Å². The van der Waals surface area contributed by atoms with Crippen molar-refractivity contribution in [2.45, 2.75) is 9.79 Å². The number of anilines is 1. The smallest absolute Gasteiger partial charge is 0.263 e. The lowest BCUT2D eigenvalue weighted by Gasteiger charge is -2.08. The Hall–Kier alpha value is -1.68. The van der Waals surface area contributed by atoms with E-state index in [0.717, 1.165) is 12.3 Å². The summed E-state index contributed by atoms with van der Waals surface area (Å²) in [6.07, 6.45) is 1.09. The number of aromatic nitrogens is 1. The van der Waals surface area contributed by atoms with Gasteiger partial charge in [-0.1, -0.05) is 17.7 Å². The molecule has 0 radical (unpaired) electrons. The monoisotopic (exact) mass is 347 g/mol. The number of benzene rings is 1. The third-order valence-corrected chi connectivity index (χ3v) is 4.93. The highest BCUT2D eigenvalue weighted by Gasteiger charge is 2.16. The SMILES string of the molecule is NS(=O)(=O)c1cccc(NS(=O)(=O)c2ccc(Cl)nc2)c1. The molecule has 3 N–H and O–H groups in total. The Bertz CT molecular complexity index is 865. The topological polar surface area (TPSA) is 119 Å². The molecule has 0 bridgehead atoms. The lowest BCUT2D eigenvalue weighted by molar-refractivity contribution is 0.596. The van der Waals surface area contributed by atoms with Gasteiger partial charge in [-0.25, -0.2) is 27.0 Å². The Labute approximate surface area is 126 Å². The minimum absolute atomic E-state index is 0.0662. The normalized spacial score (nSPS) is 12.1. The van der Waals surface area contributed by atoms with Gasteiger partial charge in [-0.2, -0.15) is 0 Å². The molecule has 0 aliphatic rings. The van der Waals surface area contributed by atoms with Gasteiger partial charge in [0.25, 0.3) is 10.0 Å². The minimum atomic E-state index is -3.92. The van der Waals surface area contributed by atoms with Gasteiger partial charge in [0.2, 0.25) is 10.0 Å². The summed E-state index contributed by atoms with van der Waals surface area (Å²) in [5.41, 5.74) is 0.0662. The molecular formula is C11H10ClN3O4S2. The predicted octanol–water partition coefficient (Wildman–Crippen LogP) is 1.18. The first-order valence-corrected chi connectivity index (χ1v) is 8.86. The zero-order valence-corrected chi connectivity index (χ0v) is 12.8. The van der Waals surface area contributed by atoms with Crippen LogP contribution >= 0.6 is 11.6 Å². The average molecular weight is 348 g/mol. The molecule has 0 saturated carbocycles. The number of nitrogens with two attached hydrogens (primary N) is 1. The van der Waals surface area contributed by atoms with Gasteiger partial charge in [-0.15, -0.1) is 0 Å². The van der Waals surface area contributed by atoms with E-state index in [4.69, 9.17) is 16.7 Å². The van der Waals surface area contributed by atoms with Crippen molar-refractivity contribution in [3.05, 3.63) is 47.7 Å². The summed E-state index contributed by atoms with van der Waals surface area (Å²) in [4.78, 5) is 3.37. The number of halogens is 1.